The Morgan fingerprint density at radius 3 is 2.08 bits per heavy atom. The second-order valence-corrected chi connectivity index (χ2v) is 8.24. The number of nitrogens with one attached hydrogen (secondary N) is 1. The highest BCUT2D eigenvalue weighted by molar-refractivity contribution is 5.85. The van der Waals surface area contributed by atoms with Crippen molar-refractivity contribution in [2.45, 2.75) is 25.4 Å². The van der Waals surface area contributed by atoms with Gasteiger partial charge in [0.15, 0.2) is 11.5 Å². The fraction of sp³-hybridized carbons (Fsp3) is 0.370. The number of nitrogens with zero attached hydrogens (tertiary/aromatic N) is 2. The number of hydrogen-bond donors (Lipinski definition) is 1. The van der Waals surface area contributed by atoms with Crippen LogP contribution in [0, 0.1) is 0 Å². The highest BCUT2D eigenvalue weighted by atomic mass is 35.5. The predicted molar refractivity (Wildman–Crippen MR) is 149 cm³/mol. The Labute approximate surface area is 225 Å². The molecule has 0 saturated carbocycles. The molecule has 2 aromatic carbocycles. The van der Waals surface area contributed by atoms with Crippen LogP contribution in [0.4, 0.5) is 5.69 Å². The van der Waals surface area contributed by atoms with Gasteiger partial charge in [-0.1, -0.05) is 12.1 Å². The summed E-state index contributed by atoms with van der Waals surface area (Å²) in [5, 5.41) is 3.47. The van der Waals surface area contributed by atoms with Crippen molar-refractivity contribution in [3.8, 4) is 34.3 Å². The number of halogens is 2. The summed E-state index contributed by atoms with van der Waals surface area (Å²) in [5.74, 6) is 2.67. The average Bonchev–Trinajstić information content (AvgIpc) is 2.91. The number of anilines is 1. The van der Waals surface area contributed by atoms with Crippen molar-refractivity contribution in [1.29, 1.82) is 0 Å². The van der Waals surface area contributed by atoms with E-state index in [1.165, 1.54) is 5.56 Å². The molecule has 4 rings (SSSR count). The van der Waals surface area contributed by atoms with Gasteiger partial charge in [-0.05, 0) is 67.9 Å². The second-order valence-electron chi connectivity index (χ2n) is 8.24. The Hall–Kier alpha value is -2.87. The Balaban J connectivity index is 0.00000228. The van der Waals surface area contributed by atoms with Crippen molar-refractivity contribution in [2.75, 3.05) is 46.4 Å². The van der Waals surface area contributed by atoms with Crippen LogP contribution < -0.4 is 29.2 Å². The molecule has 0 amide bonds. The SMILES string of the molecule is COc1ccccc1N(Cc1ccnc(-c2cc(OC)c(OC)c(OC)c2)c1)C1CCNCC1.Cl.Cl. The van der Waals surface area contributed by atoms with Crippen molar-refractivity contribution >= 4 is 30.5 Å². The van der Waals surface area contributed by atoms with E-state index in [9.17, 15) is 0 Å². The van der Waals surface area contributed by atoms with Crippen LogP contribution in [0.5, 0.6) is 23.0 Å². The van der Waals surface area contributed by atoms with Gasteiger partial charge in [-0.2, -0.15) is 0 Å². The van der Waals surface area contributed by atoms with Crippen LogP contribution in [-0.4, -0.2) is 52.6 Å². The molecule has 9 heteroatoms. The summed E-state index contributed by atoms with van der Waals surface area (Å²) in [4.78, 5) is 7.10. The molecule has 2 heterocycles. The quantitative estimate of drug-likeness (QED) is 0.394. The van der Waals surface area contributed by atoms with Crippen molar-refractivity contribution in [3.63, 3.8) is 0 Å². The van der Waals surface area contributed by atoms with Crippen LogP contribution in [-0.2, 0) is 6.54 Å². The van der Waals surface area contributed by atoms with Crippen LogP contribution in [0.2, 0.25) is 0 Å². The van der Waals surface area contributed by atoms with Gasteiger partial charge in [-0.25, -0.2) is 0 Å². The van der Waals surface area contributed by atoms with E-state index in [0.29, 0.717) is 23.3 Å². The van der Waals surface area contributed by atoms with Gasteiger partial charge in [0, 0.05) is 24.3 Å². The molecular weight excluding hydrogens is 501 g/mol. The zero-order valence-electron chi connectivity index (χ0n) is 21.2. The zero-order valence-corrected chi connectivity index (χ0v) is 22.8. The lowest BCUT2D eigenvalue weighted by atomic mass is 10.0. The van der Waals surface area contributed by atoms with Crippen LogP contribution in [0.3, 0.4) is 0 Å². The third-order valence-corrected chi connectivity index (χ3v) is 6.28. The number of piperidine rings is 1. The summed E-state index contributed by atoms with van der Waals surface area (Å²) in [6.45, 7) is 2.79. The van der Waals surface area contributed by atoms with E-state index in [4.69, 9.17) is 18.9 Å². The van der Waals surface area contributed by atoms with E-state index in [0.717, 1.165) is 55.2 Å². The smallest absolute Gasteiger partial charge is 0.203 e. The van der Waals surface area contributed by atoms with Gasteiger partial charge >= 0.3 is 0 Å². The topological polar surface area (TPSA) is 65.1 Å². The Bertz CT molecular complexity index is 1080. The minimum absolute atomic E-state index is 0. The Kier molecular flexibility index (Phi) is 11.4. The summed E-state index contributed by atoms with van der Waals surface area (Å²) in [6, 6.07) is 16.7. The fourth-order valence-electron chi connectivity index (χ4n) is 4.55. The zero-order chi connectivity index (χ0) is 23.9. The number of aromatic nitrogens is 1. The van der Waals surface area contributed by atoms with E-state index < -0.39 is 0 Å². The molecule has 36 heavy (non-hydrogen) atoms. The van der Waals surface area contributed by atoms with Gasteiger partial charge in [0.1, 0.15) is 5.75 Å². The standard InChI is InChI=1S/C27H33N3O4.2ClH/c1-31-24-8-6-5-7-23(24)30(21-10-12-28-13-11-21)18-19-9-14-29-22(15-19)20-16-25(32-2)27(34-4)26(17-20)33-3;;/h5-9,14-17,21,28H,10-13,18H2,1-4H3;2*1H. The van der Waals surface area contributed by atoms with Gasteiger partial charge < -0.3 is 29.2 Å². The van der Waals surface area contributed by atoms with Gasteiger partial charge in [0.25, 0.3) is 0 Å². The minimum Gasteiger partial charge on any atom is -0.495 e. The first-order chi connectivity index (χ1) is 16.7. The number of methoxy groups -OCH3 is 4. The normalized spacial score (nSPS) is 13.1. The van der Waals surface area contributed by atoms with E-state index >= 15 is 0 Å². The van der Waals surface area contributed by atoms with E-state index in [1.54, 1.807) is 28.4 Å². The van der Waals surface area contributed by atoms with E-state index in [1.807, 2.05) is 30.5 Å². The molecule has 0 unspecified atom stereocenters. The number of para-hydroxylation sites is 2. The lowest BCUT2D eigenvalue weighted by molar-refractivity contribution is 0.324. The Morgan fingerprint density at radius 1 is 0.833 bits per heavy atom. The van der Waals surface area contributed by atoms with Crippen molar-refractivity contribution in [2.24, 2.45) is 0 Å². The molecule has 0 atom stereocenters. The number of pyridine rings is 1. The molecule has 196 valence electrons. The summed E-state index contributed by atoms with van der Waals surface area (Å²) >= 11 is 0. The fourth-order valence-corrected chi connectivity index (χ4v) is 4.55. The van der Waals surface area contributed by atoms with Crippen molar-refractivity contribution in [1.82, 2.24) is 10.3 Å². The highest BCUT2D eigenvalue weighted by Crippen LogP contribution is 2.41. The second kappa shape index (κ2) is 14.0. The minimum atomic E-state index is 0. The first kappa shape index (κ1) is 29.4. The maximum absolute atomic E-state index is 5.71. The van der Waals surface area contributed by atoms with Gasteiger partial charge in [0.2, 0.25) is 5.75 Å². The van der Waals surface area contributed by atoms with Crippen molar-refractivity contribution < 1.29 is 18.9 Å². The molecule has 0 bridgehead atoms. The van der Waals surface area contributed by atoms with Crippen molar-refractivity contribution in [3.05, 3.63) is 60.3 Å². The predicted octanol–water partition coefficient (Wildman–Crippen LogP) is 5.39. The third kappa shape index (κ3) is 6.46. The summed E-state index contributed by atoms with van der Waals surface area (Å²) < 4.78 is 22.3. The first-order valence-corrected chi connectivity index (χ1v) is 11.5. The molecule has 3 aromatic rings. The number of hydrogen-bond acceptors (Lipinski definition) is 7. The monoisotopic (exact) mass is 535 g/mol. The van der Waals surface area contributed by atoms with Gasteiger partial charge in [0.05, 0.1) is 39.8 Å². The lowest BCUT2D eigenvalue weighted by Crippen LogP contribution is -2.43. The number of rotatable bonds is 9. The molecule has 1 aliphatic rings. The summed E-state index contributed by atoms with van der Waals surface area (Å²) in [7, 11) is 6.57. The molecular formula is C27H35Cl2N3O4. The number of ether oxygens (including phenoxy) is 4. The van der Waals surface area contributed by atoms with Crippen LogP contribution in [0.1, 0.15) is 18.4 Å². The molecule has 0 aliphatic carbocycles. The summed E-state index contributed by atoms with van der Waals surface area (Å²) in [6.07, 6.45) is 4.03. The molecule has 1 fully saturated rings. The molecule has 0 spiro atoms. The highest BCUT2D eigenvalue weighted by Gasteiger charge is 2.24. The van der Waals surface area contributed by atoms with E-state index in [2.05, 4.69) is 39.5 Å². The lowest BCUT2D eigenvalue weighted by Gasteiger charge is -2.37. The average molecular weight is 537 g/mol. The van der Waals surface area contributed by atoms with Crippen LogP contribution in [0.25, 0.3) is 11.3 Å². The van der Waals surface area contributed by atoms with Gasteiger partial charge in [-0.15, -0.1) is 24.8 Å². The largest absolute Gasteiger partial charge is 0.495 e. The van der Waals surface area contributed by atoms with Crippen LogP contribution >= 0.6 is 24.8 Å². The van der Waals surface area contributed by atoms with Gasteiger partial charge in [-0.3, -0.25) is 4.98 Å². The number of benzene rings is 2. The molecule has 1 saturated heterocycles. The molecule has 1 aromatic heterocycles. The summed E-state index contributed by atoms with van der Waals surface area (Å²) in [5.41, 5.74) is 4.04. The first-order valence-electron chi connectivity index (χ1n) is 11.5. The third-order valence-electron chi connectivity index (χ3n) is 6.28. The molecule has 7 nitrogen and oxygen atoms in total. The van der Waals surface area contributed by atoms with E-state index in [-0.39, 0.29) is 24.8 Å². The maximum Gasteiger partial charge on any atom is 0.203 e. The molecule has 1 aliphatic heterocycles. The maximum atomic E-state index is 5.71. The molecule has 0 radical (unpaired) electrons. The Morgan fingerprint density at radius 2 is 1.47 bits per heavy atom. The van der Waals surface area contributed by atoms with Crippen LogP contribution in [0.15, 0.2) is 54.7 Å². The molecule has 1 N–H and O–H groups in total.